The first-order valence-corrected chi connectivity index (χ1v) is 8.30. The molecule has 0 aliphatic heterocycles. The van der Waals surface area contributed by atoms with Gasteiger partial charge in [-0.3, -0.25) is 19.3 Å². The fourth-order valence-electron chi connectivity index (χ4n) is 2.80. The van der Waals surface area contributed by atoms with Gasteiger partial charge in [-0.15, -0.1) is 0 Å². The number of carbonyl (C=O) groups is 3. The Kier molecular flexibility index (Phi) is 8.02. The van der Waals surface area contributed by atoms with Crippen molar-refractivity contribution in [3.63, 3.8) is 0 Å². The highest BCUT2D eigenvalue weighted by Gasteiger charge is 2.25. The van der Waals surface area contributed by atoms with Crippen LogP contribution in [0.4, 0.5) is 0 Å². The van der Waals surface area contributed by atoms with Crippen LogP contribution in [0.2, 0.25) is 0 Å². The summed E-state index contributed by atoms with van der Waals surface area (Å²) in [5.41, 5.74) is 0. The Morgan fingerprint density at radius 2 is 1.83 bits per heavy atom. The van der Waals surface area contributed by atoms with Gasteiger partial charge in [0.25, 0.3) is 0 Å². The molecule has 0 aromatic heterocycles. The van der Waals surface area contributed by atoms with E-state index in [0.29, 0.717) is 19.0 Å². The second kappa shape index (κ2) is 9.50. The average molecular weight is 327 g/mol. The van der Waals surface area contributed by atoms with Crippen LogP contribution >= 0.6 is 0 Å². The fourth-order valence-corrected chi connectivity index (χ4v) is 2.80. The zero-order valence-electron chi connectivity index (χ0n) is 14.3. The first-order valence-electron chi connectivity index (χ1n) is 8.30. The van der Waals surface area contributed by atoms with E-state index in [9.17, 15) is 14.4 Å². The molecule has 0 bridgehead atoms. The predicted octanol–water partition coefficient (Wildman–Crippen LogP) is 0.593. The van der Waals surface area contributed by atoms with Gasteiger partial charge >= 0.3 is 5.97 Å². The molecule has 23 heavy (non-hydrogen) atoms. The maximum atomic E-state index is 12.2. The highest BCUT2D eigenvalue weighted by atomic mass is 16.4. The van der Waals surface area contributed by atoms with E-state index < -0.39 is 12.0 Å². The lowest BCUT2D eigenvalue weighted by Crippen LogP contribution is -2.49. The van der Waals surface area contributed by atoms with Crippen LogP contribution in [0.3, 0.4) is 0 Å². The van der Waals surface area contributed by atoms with Crippen molar-refractivity contribution in [3.8, 4) is 0 Å². The average Bonchev–Trinajstić information content (AvgIpc) is 2.47. The van der Waals surface area contributed by atoms with Gasteiger partial charge in [-0.2, -0.15) is 0 Å². The minimum Gasteiger partial charge on any atom is -0.480 e. The summed E-state index contributed by atoms with van der Waals surface area (Å²) in [5.74, 6) is -0.592. The number of rotatable bonds is 8. The molecule has 0 radical (unpaired) electrons. The summed E-state index contributed by atoms with van der Waals surface area (Å²) in [6.45, 7) is 5.84. The van der Waals surface area contributed by atoms with E-state index >= 15 is 0 Å². The number of aliphatic carboxylic acids is 1. The zero-order valence-corrected chi connectivity index (χ0v) is 14.3. The summed E-state index contributed by atoms with van der Waals surface area (Å²) >= 11 is 0. The van der Waals surface area contributed by atoms with E-state index in [-0.39, 0.29) is 24.4 Å². The first kappa shape index (κ1) is 19.4. The molecule has 1 atom stereocenters. The molecule has 1 aliphatic rings. The number of nitrogens with zero attached hydrogens (tertiary/aromatic N) is 1. The molecule has 1 fully saturated rings. The number of carboxylic acid groups (broad SMARTS) is 1. The summed E-state index contributed by atoms with van der Waals surface area (Å²) in [4.78, 5) is 35.9. The van der Waals surface area contributed by atoms with Crippen molar-refractivity contribution in [2.75, 3.05) is 19.6 Å². The fraction of sp³-hybridized carbons (Fsp3) is 0.812. The van der Waals surface area contributed by atoms with Crippen LogP contribution in [0.5, 0.6) is 0 Å². The molecule has 3 N–H and O–H groups in total. The number of amides is 2. The molecule has 1 rings (SSSR count). The van der Waals surface area contributed by atoms with Gasteiger partial charge in [0, 0.05) is 26.1 Å². The van der Waals surface area contributed by atoms with Gasteiger partial charge in [0.05, 0.1) is 6.54 Å². The zero-order chi connectivity index (χ0) is 17.4. The van der Waals surface area contributed by atoms with Crippen LogP contribution in [-0.4, -0.2) is 59.5 Å². The molecule has 0 spiro atoms. The number of hydrogen-bond donors (Lipinski definition) is 3. The third kappa shape index (κ3) is 7.45. The first-order chi connectivity index (χ1) is 10.8. The Bertz CT molecular complexity index is 420. The second-order valence-corrected chi connectivity index (χ2v) is 6.49. The van der Waals surface area contributed by atoms with Crippen molar-refractivity contribution >= 4 is 17.8 Å². The number of carboxylic acids is 1. The summed E-state index contributed by atoms with van der Waals surface area (Å²) in [7, 11) is 0. The molecule has 7 heteroatoms. The maximum absolute atomic E-state index is 12.2. The predicted molar refractivity (Wildman–Crippen MR) is 86.9 cm³/mol. The molecule has 1 saturated carbocycles. The quantitative estimate of drug-likeness (QED) is 0.606. The monoisotopic (exact) mass is 327 g/mol. The lowest BCUT2D eigenvalue weighted by molar-refractivity contribution is -0.143. The van der Waals surface area contributed by atoms with Gasteiger partial charge in [0.15, 0.2) is 0 Å². The normalized spacial score (nSPS) is 22.4. The van der Waals surface area contributed by atoms with Crippen molar-refractivity contribution in [1.29, 1.82) is 0 Å². The maximum Gasteiger partial charge on any atom is 0.320 e. The van der Waals surface area contributed by atoms with Crippen molar-refractivity contribution < 1.29 is 19.5 Å². The van der Waals surface area contributed by atoms with E-state index in [1.54, 1.807) is 11.8 Å². The highest BCUT2D eigenvalue weighted by molar-refractivity contribution is 5.80. The van der Waals surface area contributed by atoms with Crippen LogP contribution in [-0.2, 0) is 14.4 Å². The molecule has 0 aromatic rings. The molecule has 1 unspecified atom stereocenters. The summed E-state index contributed by atoms with van der Waals surface area (Å²) in [6, 6.07) is -0.586. The number of hydrogen-bond acceptors (Lipinski definition) is 4. The molecular weight excluding hydrogens is 298 g/mol. The summed E-state index contributed by atoms with van der Waals surface area (Å²) < 4.78 is 0. The Morgan fingerprint density at radius 3 is 2.35 bits per heavy atom. The molecular formula is C16H29N3O4. The molecule has 132 valence electrons. The van der Waals surface area contributed by atoms with Gasteiger partial charge in [-0.1, -0.05) is 6.92 Å². The van der Waals surface area contributed by atoms with E-state index in [2.05, 4.69) is 17.6 Å². The van der Waals surface area contributed by atoms with Crippen molar-refractivity contribution in [3.05, 3.63) is 0 Å². The van der Waals surface area contributed by atoms with Crippen molar-refractivity contribution in [2.24, 2.45) is 5.92 Å². The smallest absolute Gasteiger partial charge is 0.320 e. The minimum atomic E-state index is -0.980. The summed E-state index contributed by atoms with van der Waals surface area (Å²) in [6.07, 6.45) is 4.19. The van der Waals surface area contributed by atoms with Gasteiger partial charge in [0.2, 0.25) is 11.8 Å². The Labute approximate surface area is 137 Å². The largest absolute Gasteiger partial charge is 0.480 e. The lowest BCUT2D eigenvalue weighted by Gasteiger charge is -2.29. The molecule has 2 amide bonds. The molecule has 0 heterocycles. The Hall–Kier alpha value is -1.63. The van der Waals surface area contributed by atoms with Crippen LogP contribution in [0.25, 0.3) is 0 Å². The standard InChI is InChI=1S/C16H29N3O4/c1-11-4-6-14(7-5-11)18-15(21)10-19(12(2)16(22)23)9-8-17-13(3)20/h11-12,14H,4-10H2,1-3H3,(H,17,20)(H,18,21)(H,22,23). The van der Waals surface area contributed by atoms with Crippen molar-refractivity contribution in [2.45, 2.75) is 58.5 Å². The molecule has 0 saturated heterocycles. The third-order valence-electron chi connectivity index (χ3n) is 4.41. The van der Waals surface area contributed by atoms with E-state index in [0.717, 1.165) is 25.7 Å². The molecule has 7 nitrogen and oxygen atoms in total. The van der Waals surface area contributed by atoms with E-state index in [1.165, 1.54) is 6.92 Å². The summed E-state index contributed by atoms with van der Waals surface area (Å²) in [5, 5.41) is 14.8. The van der Waals surface area contributed by atoms with Crippen molar-refractivity contribution in [1.82, 2.24) is 15.5 Å². The lowest BCUT2D eigenvalue weighted by atomic mass is 9.87. The molecule has 1 aliphatic carbocycles. The molecule has 0 aromatic carbocycles. The van der Waals surface area contributed by atoms with E-state index in [1.807, 2.05) is 0 Å². The van der Waals surface area contributed by atoms with Gasteiger partial charge in [-0.25, -0.2) is 0 Å². The Morgan fingerprint density at radius 1 is 1.22 bits per heavy atom. The van der Waals surface area contributed by atoms with Gasteiger partial charge in [0.1, 0.15) is 6.04 Å². The minimum absolute atomic E-state index is 0.0269. The van der Waals surface area contributed by atoms with Crippen LogP contribution < -0.4 is 10.6 Å². The van der Waals surface area contributed by atoms with Gasteiger partial charge < -0.3 is 15.7 Å². The van der Waals surface area contributed by atoms with Gasteiger partial charge in [-0.05, 0) is 38.5 Å². The van der Waals surface area contributed by atoms with E-state index in [4.69, 9.17) is 5.11 Å². The second-order valence-electron chi connectivity index (χ2n) is 6.49. The van der Waals surface area contributed by atoms with Crippen LogP contribution in [0.1, 0.15) is 46.5 Å². The van der Waals surface area contributed by atoms with Crippen LogP contribution in [0.15, 0.2) is 0 Å². The number of carbonyl (C=O) groups excluding carboxylic acids is 2. The third-order valence-corrected chi connectivity index (χ3v) is 4.41. The van der Waals surface area contributed by atoms with Crippen LogP contribution in [0, 0.1) is 5.92 Å². The SMILES string of the molecule is CC(=O)NCCN(CC(=O)NC1CCC(C)CC1)C(C)C(=O)O. The number of nitrogens with one attached hydrogen (secondary N) is 2. The highest BCUT2D eigenvalue weighted by Crippen LogP contribution is 2.23. The topological polar surface area (TPSA) is 98.7 Å². The Balaban J connectivity index is 2.48.